The highest BCUT2D eigenvalue weighted by atomic mass is 14.8. The van der Waals surface area contributed by atoms with Crippen molar-refractivity contribution >= 4 is 0 Å². The standard InChI is InChI=1S/C14H17N3/c1-3-11-5-4-6-12(7-11)14(15)13-9-16-10(2)8-17-13/h4-9,14H,3,15H2,1-2H3. The fourth-order valence-electron chi connectivity index (χ4n) is 1.74. The molecule has 1 atom stereocenters. The summed E-state index contributed by atoms with van der Waals surface area (Å²) >= 11 is 0. The number of nitrogens with two attached hydrogens (primary N) is 1. The van der Waals surface area contributed by atoms with Crippen molar-refractivity contribution in [3.63, 3.8) is 0 Å². The van der Waals surface area contributed by atoms with E-state index in [1.807, 2.05) is 19.1 Å². The lowest BCUT2D eigenvalue weighted by atomic mass is 10.0. The van der Waals surface area contributed by atoms with Crippen molar-refractivity contribution in [2.75, 3.05) is 0 Å². The van der Waals surface area contributed by atoms with Crippen molar-refractivity contribution in [2.24, 2.45) is 5.73 Å². The Bertz CT molecular complexity index is 491. The van der Waals surface area contributed by atoms with Gasteiger partial charge in [0.25, 0.3) is 0 Å². The van der Waals surface area contributed by atoms with Crippen LogP contribution >= 0.6 is 0 Å². The molecule has 1 aromatic heterocycles. The molecule has 2 aromatic rings. The van der Waals surface area contributed by atoms with Gasteiger partial charge >= 0.3 is 0 Å². The third-order valence-corrected chi connectivity index (χ3v) is 2.84. The Morgan fingerprint density at radius 3 is 2.71 bits per heavy atom. The molecule has 0 bridgehead atoms. The average Bonchev–Trinajstić information content (AvgIpc) is 2.39. The Hall–Kier alpha value is -1.74. The van der Waals surface area contributed by atoms with Gasteiger partial charge in [0.15, 0.2) is 0 Å². The molecule has 2 N–H and O–H groups in total. The SMILES string of the molecule is CCc1cccc(C(N)c2cnc(C)cn2)c1. The van der Waals surface area contributed by atoms with Crippen LogP contribution in [-0.4, -0.2) is 9.97 Å². The fraction of sp³-hybridized carbons (Fsp3) is 0.286. The van der Waals surface area contributed by atoms with Crippen molar-refractivity contribution in [1.29, 1.82) is 0 Å². The summed E-state index contributed by atoms with van der Waals surface area (Å²) in [6, 6.07) is 8.11. The van der Waals surface area contributed by atoms with Crippen molar-refractivity contribution in [2.45, 2.75) is 26.3 Å². The largest absolute Gasteiger partial charge is 0.319 e. The molecule has 88 valence electrons. The maximum Gasteiger partial charge on any atom is 0.0799 e. The molecule has 1 aromatic carbocycles. The van der Waals surface area contributed by atoms with E-state index in [-0.39, 0.29) is 6.04 Å². The van der Waals surface area contributed by atoms with Gasteiger partial charge in [0, 0.05) is 6.20 Å². The van der Waals surface area contributed by atoms with Gasteiger partial charge in [0.05, 0.1) is 23.6 Å². The molecule has 17 heavy (non-hydrogen) atoms. The molecular formula is C14H17N3. The summed E-state index contributed by atoms with van der Waals surface area (Å²) in [7, 11) is 0. The van der Waals surface area contributed by atoms with E-state index in [9.17, 15) is 0 Å². The number of aryl methyl sites for hydroxylation is 2. The molecular weight excluding hydrogens is 210 g/mol. The van der Waals surface area contributed by atoms with E-state index in [0.717, 1.165) is 23.4 Å². The first-order valence-electron chi connectivity index (χ1n) is 5.83. The molecule has 0 aliphatic rings. The predicted molar refractivity (Wildman–Crippen MR) is 68.6 cm³/mol. The second kappa shape index (κ2) is 5.06. The van der Waals surface area contributed by atoms with E-state index in [0.29, 0.717) is 0 Å². The molecule has 3 heteroatoms. The first-order valence-corrected chi connectivity index (χ1v) is 5.83. The van der Waals surface area contributed by atoms with Gasteiger partial charge in [0.2, 0.25) is 0 Å². The van der Waals surface area contributed by atoms with Crippen molar-refractivity contribution in [3.05, 3.63) is 59.2 Å². The van der Waals surface area contributed by atoms with E-state index in [1.165, 1.54) is 5.56 Å². The summed E-state index contributed by atoms with van der Waals surface area (Å²) in [5, 5.41) is 0. The molecule has 0 aliphatic carbocycles. The highest BCUT2D eigenvalue weighted by Gasteiger charge is 2.10. The minimum atomic E-state index is -0.199. The molecule has 0 aliphatic heterocycles. The van der Waals surface area contributed by atoms with Crippen molar-refractivity contribution < 1.29 is 0 Å². The molecule has 1 unspecified atom stereocenters. The Morgan fingerprint density at radius 1 is 1.24 bits per heavy atom. The second-order valence-corrected chi connectivity index (χ2v) is 4.16. The number of aromatic nitrogens is 2. The maximum atomic E-state index is 6.19. The molecule has 0 amide bonds. The monoisotopic (exact) mass is 227 g/mol. The summed E-state index contributed by atoms with van der Waals surface area (Å²) in [4.78, 5) is 8.55. The van der Waals surface area contributed by atoms with Gasteiger partial charge < -0.3 is 5.73 Å². The Labute approximate surface area is 102 Å². The maximum absolute atomic E-state index is 6.19. The second-order valence-electron chi connectivity index (χ2n) is 4.16. The lowest BCUT2D eigenvalue weighted by Crippen LogP contribution is -2.14. The zero-order valence-corrected chi connectivity index (χ0v) is 10.2. The summed E-state index contributed by atoms with van der Waals surface area (Å²) in [6.45, 7) is 4.05. The van der Waals surface area contributed by atoms with Gasteiger partial charge in [-0.2, -0.15) is 0 Å². The predicted octanol–water partition coefficient (Wildman–Crippen LogP) is 2.40. The normalized spacial score (nSPS) is 12.4. The Balaban J connectivity index is 2.29. The van der Waals surface area contributed by atoms with Gasteiger partial charge in [-0.15, -0.1) is 0 Å². The molecule has 0 radical (unpaired) electrons. The first kappa shape index (κ1) is 11.7. The topological polar surface area (TPSA) is 51.8 Å². The number of nitrogens with zero attached hydrogens (tertiary/aromatic N) is 2. The van der Waals surface area contributed by atoms with Crippen LogP contribution in [0.3, 0.4) is 0 Å². The summed E-state index contributed by atoms with van der Waals surface area (Å²) in [5.74, 6) is 0. The van der Waals surface area contributed by atoms with Crippen LogP contribution in [-0.2, 0) is 6.42 Å². The van der Waals surface area contributed by atoms with Crippen LogP contribution in [0.4, 0.5) is 0 Å². The number of hydrogen-bond donors (Lipinski definition) is 1. The summed E-state index contributed by atoms with van der Waals surface area (Å²) in [5.41, 5.74) is 10.3. The quantitative estimate of drug-likeness (QED) is 0.876. The molecule has 0 saturated heterocycles. The van der Waals surface area contributed by atoms with Gasteiger partial charge in [-0.3, -0.25) is 9.97 Å². The number of rotatable bonds is 3. The first-order chi connectivity index (χ1) is 8.20. The minimum Gasteiger partial charge on any atom is -0.319 e. The smallest absolute Gasteiger partial charge is 0.0799 e. The molecule has 1 heterocycles. The lowest BCUT2D eigenvalue weighted by molar-refractivity contribution is 0.811. The van der Waals surface area contributed by atoms with Gasteiger partial charge in [-0.25, -0.2) is 0 Å². The molecule has 3 nitrogen and oxygen atoms in total. The highest BCUT2D eigenvalue weighted by molar-refractivity contribution is 5.30. The van der Waals surface area contributed by atoms with E-state index >= 15 is 0 Å². The van der Waals surface area contributed by atoms with Crippen molar-refractivity contribution in [3.8, 4) is 0 Å². The van der Waals surface area contributed by atoms with Crippen LogP contribution in [0, 0.1) is 6.92 Å². The Kier molecular flexibility index (Phi) is 3.49. The zero-order valence-electron chi connectivity index (χ0n) is 10.2. The van der Waals surface area contributed by atoms with E-state index < -0.39 is 0 Å². The number of benzene rings is 1. The molecule has 0 saturated carbocycles. The van der Waals surface area contributed by atoms with Gasteiger partial charge in [0.1, 0.15) is 0 Å². The Morgan fingerprint density at radius 2 is 2.06 bits per heavy atom. The van der Waals surface area contributed by atoms with E-state index in [4.69, 9.17) is 5.73 Å². The van der Waals surface area contributed by atoms with Crippen LogP contribution < -0.4 is 5.73 Å². The summed E-state index contributed by atoms with van der Waals surface area (Å²) in [6.07, 6.45) is 4.51. The molecule has 0 fully saturated rings. The third-order valence-electron chi connectivity index (χ3n) is 2.84. The van der Waals surface area contributed by atoms with Crippen LogP contribution in [0.25, 0.3) is 0 Å². The van der Waals surface area contributed by atoms with E-state index in [1.54, 1.807) is 12.4 Å². The van der Waals surface area contributed by atoms with Crippen LogP contribution in [0.5, 0.6) is 0 Å². The van der Waals surface area contributed by atoms with E-state index in [2.05, 4.69) is 29.0 Å². The third kappa shape index (κ3) is 2.68. The average molecular weight is 227 g/mol. The van der Waals surface area contributed by atoms with Gasteiger partial charge in [-0.05, 0) is 24.5 Å². The lowest BCUT2D eigenvalue weighted by Gasteiger charge is -2.12. The summed E-state index contributed by atoms with van der Waals surface area (Å²) < 4.78 is 0. The van der Waals surface area contributed by atoms with Crippen LogP contribution in [0.1, 0.15) is 35.5 Å². The highest BCUT2D eigenvalue weighted by Crippen LogP contribution is 2.18. The van der Waals surface area contributed by atoms with Crippen LogP contribution in [0.2, 0.25) is 0 Å². The minimum absolute atomic E-state index is 0.199. The molecule has 2 rings (SSSR count). The molecule has 0 spiro atoms. The van der Waals surface area contributed by atoms with Crippen LogP contribution in [0.15, 0.2) is 36.7 Å². The number of hydrogen-bond acceptors (Lipinski definition) is 3. The van der Waals surface area contributed by atoms with Gasteiger partial charge in [-0.1, -0.05) is 31.2 Å². The fourth-order valence-corrected chi connectivity index (χ4v) is 1.74. The van der Waals surface area contributed by atoms with Crippen molar-refractivity contribution in [1.82, 2.24) is 9.97 Å². The zero-order chi connectivity index (χ0) is 12.3.